The highest BCUT2D eigenvalue weighted by Gasteiger charge is 2.06. The minimum Gasteiger partial charge on any atom is -0.352 e. The molecule has 2 heterocycles. The zero-order valence-electron chi connectivity index (χ0n) is 9.68. The normalized spacial score (nSPS) is 10.4. The summed E-state index contributed by atoms with van der Waals surface area (Å²) in [5.41, 5.74) is 0.588. The van der Waals surface area contributed by atoms with Crippen LogP contribution in [0.4, 0.5) is 0 Å². The van der Waals surface area contributed by atoms with Crippen molar-refractivity contribution in [2.75, 3.05) is 6.54 Å². The summed E-state index contributed by atoms with van der Waals surface area (Å²) in [6.45, 7) is 0.633. The van der Waals surface area contributed by atoms with E-state index in [0.717, 1.165) is 18.7 Å². The van der Waals surface area contributed by atoms with Crippen LogP contribution in [0.15, 0.2) is 24.8 Å². The molecule has 2 rings (SSSR count). The van der Waals surface area contributed by atoms with Gasteiger partial charge < -0.3 is 10.3 Å². The van der Waals surface area contributed by atoms with Crippen molar-refractivity contribution in [2.24, 2.45) is 7.05 Å². The lowest BCUT2D eigenvalue weighted by Gasteiger charge is -2.02. The molecule has 2 aromatic rings. The number of carbonyl (C=O) groups excluding carboxylic acids is 1. The summed E-state index contributed by atoms with van der Waals surface area (Å²) >= 11 is 0. The Bertz CT molecular complexity index is 474. The third-order valence-corrected chi connectivity index (χ3v) is 2.40. The second kappa shape index (κ2) is 5.29. The summed E-state index contributed by atoms with van der Waals surface area (Å²) in [5.74, 6) is 0.859. The van der Waals surface area contributed by atoms with Gasteiger partial charge in [-0.2, -0.15) is 5.10 Å². The van der Waals surface area contributed by atoms with Crippen molar-refractivity contribution in [1.29, 1.82) is 0 Å². The Kier molecular flexibility index (Phi) is 3.54. The van der Waals surface area contributed by atoms with Gasteiger partial charge in [-0.25, -0.2) is 4.98 Å². The van der Waals surface area contributed by atoms with Gasteiger partial charge in [0, 0.05) is 38.6 Å². The van der Waals surface area contributed by atoms with Crippen LogP contribution in [0.5, 0.6) is 0 Å². The summed E-state index contributed by atoms with van der Waals surface area (Å²) in [4.78, 5) is 18.8. The Morgan fingerprint density at radius 1 is 1.59 bits per heavy atom. The van der Waals surface area contributed by atoms with Gasteiger partial charge in [-0.05, 0) is 6.42 Å². The monoisotopic (exact) mass is 233 g/mol. The molecule has 0 saturated heterocycles. The first-order chi connectivity index (χ1) is 8.25. The lowest BCUT2D eigenvalue weighted by atomic mass is 10.3. The van der Waals surface area contributed by atoms with Crippen molar-refractivity contribution < 1.29 is 4.79 Å². The third-order valence-electron chi connectivity index (χ3n) is 2.40. The number of aromatic amines is 1. The van der Waals surface area contributed by atoms with Crippen molar-refractivity contribution in [3.05, 3.63) is 36.2 Å². The molecule has 0 bridgehead atoms. The standard InChI is InChI=1S/C11H15N5O/c1-16-8-9(7-15-16)11(17)14-4-2-3-10-12-5-6-13-10/h5-8H,2-4H2,1H3,(H,12,13)(H,14,17). The summed E-state index contributed by atoms with van der Waals surface area (Å²) < 4.78 is 1.61. The number of hydrogen-bond acceptors (Lipinski definition) is 3. The fourth-order valence-corrected chi connectivity index (χ4v) is 1.53. The summed E-state index contributed by atoms with van der Waals surface area (Å²) in [5, 5.41) is 6.79. The van der Waals surface area contributed by atoms with E-state index in [2.05, 4.69) is 20.4 Å². The largest absolute Gasteiger partial charge is 0.352 e. The van der Waals surface area contributed by atoms with Crippen molar-refractivity contribution in [3.8, 4) is 0 Å². The Morgan fingerprint density at radius 2 is 2.47 bits per heavy atom. The lowest BCUT2D eigenvalue weighted by molar-refractivity contribution is 0.0953. The van der Waals surface area contributed by atoms with Gasteiger partial charge in [-0.3, -0.25) is 9.48 Å². The minimum atomic E-state index is -0.0856. The molecule has 0 radical (unpaired) electrons. The van der Waals surface area contributed by atoms with Crippen molar-refractivity contribution in [3.63, 3.8) is 0 Å². The van der Waals surface area contributed by atoms with Gasteiger partial charge >= 0.3 is 0 Å². The molecule has 2 aromatic heterocycles. The van der Waals surface area contributed by atoms with Gasteiger partial charge in [0.15, 0.2) is 0 Å². The highest BCUT2D eigenvalue weighted by Crippen LogP contribution is 1.97. The number of rotatable bonds is 5. The van der Waals surface area contributed by atoms with E-state index in [1.165, 1.54) is 0 Å². The van der Waals surface area contributed by atoms with Crippen LogP contribution >= 0.6 is 0 Å². The Morgan fingerprint density at radius 3 is 3.12 bits per heavy atom. The van der Waals surface area contributed by atoms with Crippen LogP contribution in [0.25, 0.3) is 0 Å². The predicted molar refractivity (Wildman–Crippen MR) is 62.4 cm³/mol. The molecule has 2 N–H and O–H groups in total. The molecule has 90 valence electrons. The van der Waals surface area contributed by atoms with Crippen LogP contribution in [-0.4, -0.2) is 32.2 Å². The van der Waals surface area contributed by atoms with Crippen LogP contribution in [0, 0.1) is 0 Å². The maximum Gasteiger partial charge on any atom is 0.254 e. The van der Waals surface area contributed by atoms with Crippen LogP contribution in [0.3, 0.4) is 0 Å². The van der Waals surface area contributed by atoms with Gasteiger partial charge in [0.25, 0.3) is 5.91 Å². The minimum absolute atomic E-state index is 0.0856. The maximum absolute atomic E-state index is 11.6. The molecule has 1 amide bonds. The number of hydrogen-bond donors (Lipinski definition) is 2. The molecule has 0 spiro atoms. The zero-order chi connectivity index (χ0) is 12.1. The molecule has 6 nitrogen and oxygen atoms in total. The van der Waals surface area contributed by atoms with E-state index < -0.39 is 0 Å². The SMILES string of the molecule is Cn1cc(C(=O)NCCCc2ncc[nH]2)cn1. The number of amides is 1. The molecule has 0 saturated carbocycles. The lowest BCUT2D eigenvalue weighted by Crippen LogP contribution is -2.24. The molecule has 0 aromatic carbocycles. The van der Waals surface area contributed by atoms with E-state index in [-0.39, 0.29) is 5.91 Å². The number of nitrogens with one attached hydrogen (secondary N) is 2. The number of imidazole rings is 1. The van der Waals surface area contributed by atoms with E-state index in [9.17, 15) is 4.79 Å². The van der Waals surface area contributed by atoms with E-state index >= 15 is 0 Å². The van der Waals surface area contributed by atoms with Crippen LogP contribution in [0.1, 0.15) is 22.6 Å². The molecule has 0 fully saturated rings. The Labute approximate surface area is 99.1 Å². The molecule has 0 atom stereocenters. The third kappa shape index (κ3) is 3.17. The molecule has 6 heteroatoms. The molecule has 0 unspecified atom stereocenters. The number of nitrogens with zero attached hydrogens (tertiary/aromatic N) is 3. The van der Waals surface area contributed by atoms with E-state index in [1.807, 2.05) is 0 Å². The highest BCUT2D eigenvalue weighted by atomic mass is 16.1. The summed E-state index contributed by atoms with van der Waals surface area (Å²) in [6.07, 6.45) is 8.47. The zero-order valence-corrected chi connectivity index (χ0v) is 9.68. The van der Waals surface area contributed by atoms with Gasteiger partial charge in [0.05, 0.1) is 11.8 Å². The molecule has 0 aliphatic heterocycles. The second-order valence-corrected chi connectivity index (χ2v) is 3.80. The van der Waals surface area contributed by atoms with Crippen LogP contribution in [0.2, 0.25) is 0 Å². The highest BCUT2D eigenvalue weighted by molar-refractivity contribution is 5.93. The number of aromatic nitrogens is 4. The summed E-state index contributed by atoms with van der Waals surface area (Å²) in [7, 11) is 1.79. The number of carbonyl (C=O) groups is 1. The second-order valence-electron chi connectivity index (χ2n) is 3.80. The first kappa shape index (κ1) is 11.4. The Balaban J connectivity index is 1.70. The van der Waals surface area contributed by atoms with Crippen molar-refractivity contribution in [2.45, 2.75) is 12.8 Å². The fraction of sp³-hybridized carbons (Fsp3) is 0.364. The average molecular weight is 233 g/mol. The molecular weight excluding hydrogens is 218 g/mol. The van der Waals surface area contributed by atoms with E-state index in [0.29, 0.717) is 12.1 Å². The maximum atomic E-state index is 11.6. The van der Waals surface area contributed by atoms with Crippen LogP contribution in [-0.2, 0) is 13.5 Å². The molecular formula is C11H15N5O. The van der Waals surface area contributed by atoms with Crippen molar-refractivity contribution in [1.82, 2.24) is 25.1 Å². The van der Waals surface area contributed by atoms with Gasteiger partial charge in [0.1, 0.15) is 5.82 Å². The molecule has 0 aliphatic rings. The van der Waals surface area contributed by atoms with Gasteiger partial charge in [-0.1, -0.05) is 0 Å². The predicted octanol–water partition coefficient (Wildman–Crippen LogP) is 0.506. The quantitative estimate of drug-likeness (QED) is 0.739. The van der Waals surface area contributed by atoms with Gasteiger partial charge in [0.2, 0.25) is 0 Å². The first-order valence-electron chi connectivity index (χ1n) is 5.51. The Hall–Kier alpha value is -2.11. The topological polar surface area (TPSA) is 75.6 Å². The fourth-order valence-electron chi connectivity index (χ4n) is 1.53. The number of H-pyrrole nitrogens is 1. The molecule has 0 aliphatic carbocycles. The van der Waals surface area contributed by atoms with E-state index in [1.54, 1.807) is 36.5 Å². The average Bonchev–Trinajstić information content (AvgIpc) is 2.95. The molecule has 17 heavy (non-hydrogen) atoms. The summed E-state index contributed by atoms with van der Waals surface area (Å²) in [6, 6.07) is 0. The van der Waals surface area contributed by atoms with E-state index in [4.69, 9.17) is 0 Å². The van der Waals surface area contributed by atoms with Gasteiger partial charge in [-0.15, -0.1) is 0 Å². The van der Waals surface area contributed by atoms with Crippen LogP contribution < -0.4 is 5.32 Å². The number of aryl methyl sites for hydroxylation is 2. The smallest absolute Gasteiger partial charge is 0.254 e. The first-order valence-corrected chi connectivity index (χ1v) is 5.51. The van der Waals surface area contributed by atoms with Crippen molar-refractivity contribution >= 4 is 5.91 Å².